The van der Waals surface area contributed by atoms with E-state index in [1.807, 2.05) is 0 Å². The number of hydrogen-bond donors (Lipinski definition) is 2. The van der Waals surface area contributed by atoms with E-state index >= 15 is 0 Å². The third-order valence-corrected chi connectivity index (χ3v) is 3.02. The van der Waals surface area contributed by atoms with Crippen molar-refractivity contribution in [2.45, 2.75) is 38.6 Å². The van der Waals surface area contributed by atoms with Crippen LogP contribution in [0.5, 0.6) is 0 Å². The van der Waals surface area contributed by atoms with Crippen molar-refractivity contribution in [3.8, 4) is 12.3 Å². The van der Waals surface area contributed by atoms with Gasteiger partial charge in [-0.2, -0.15) is 0 Å². The molecule has 3 nitrogen and oxygen atoms in total. The minimum absolute atomic E-state index is 0.123. The van der Waals surface area contributed by atoms with Crippen molar-refractivity contribution in [3.63, 3.8) is 0 Å². The first-order valence-corrected chi connectivity index (χ1v) is 5.10. The molecule has 0 aromatic carbocycles. The normalized spacial score (nSPS) is 19.5. The van der Waals surface area contributed by atoms with Crippen molar-refractivity contribution >= 4 is 5.91 Å². The molecule has 1 rings (SSSR count). The van der Waals surface area contributed by atoms with Crippen LogP contribution in [0.4, 0.5) is 0 Å². The molecule has 1 aliphatic rings. The lowest BCUT2D eigenvalue weighted by molar-refractivity contribution is -0.122. The number of carbonyl (C=O) groups excluding carboxylic acids is 1. The number of rotatable bonds is 5. The molecule has 0 heterocycles. The molecule has 3 N–H and O–H groups in total. The first kappa shape index (κ1) is 11.1. The van der Waals surface area contributed by atoms with Crippen LogP contribution in [0, 0.1) is 17.8 Å². The first-order chi connectivity index (χ1) is 6.63. The Morgan fingerprint density at radius 1 is 1.71 bits per heavy atom. The van der Waals surface area contributed by atoms with Crippen LogP contribution in [0.15, 0.2) is 0 Å². The van der Waals surface area contributed by atoms with Crippen molar-refractivity contribution in [2.75, 3.05) is 6.54 Å². The molecule has 3 heteroatoms. The zero-order chi connectivity index (χ0) is 10.6. The van der Waals surface area contributed by atoms with Crippen LogP contribution in [0.1, 0.15) is 32.6 Å². The summed E-state index contributed by atoms with van der Waals surface area (Å²) in [6, 6.07) is -0.548. The van der Waals surface area contributed by atoms with Crippen LogP contribution in [0.3, 0.4) is 0 Å². The lowest BCUT2D eigenvalue weighted by Crippen LogP contribution is -2.42. The van der Waals surface area contributed by atoms with Gasteiger partial charge in [-0.25, -0.2) is 0 Å². The fraction of sp³-hybridized carbons (Fsp3) is 0.727. The molecule has 1 amide bonds. The van der Waals surface area contributed by atoms with Gasteiger partial charge in [-0.15, -0.1) is 12.3 Å². The van der Waals surface area contributed by atoms with Gasteiger partial charge in [-0.1, -0.05) is 6.92 Å². The van der Waals surface area contributed by atoms with Gasteiger partial charge in [0.15, 0.2) is 0 Å². The van der Waals surface area contributed by atoms with E-state index in [-0.39, 0.29) is 5.91 Å². The Bertz CT molecular complexity index is 251. The van der Waals surface area contributed by atoms with Gasteiger partial charge >= 0.3 is 0 Å². The Morgan fingerprint density at radius 2 is 2.36 bits per heavy atom. The van der Waals surface area contributed by atoms with Gasteiger partial charge in [0.05, 0.1) is 6.04 Å². The van der Waals surface area contributed by atoms with Gasteiger partial charge in [0.25, 0.3) is 0 Å². The zero-order valence-corrected chi connectivity index (χ0v) is 8.68. The van der Waals surface area contributed by atoms with Crippen molar-refractivity contribution in [2.24, 2.45) is 11.1 Å². The highest BCUT2D eigenvalue weighted by Gasteiger charge is 2.40. The lowest BCUT2D eigenvalue weighted by Gasteiger charge is -2.15. The van der Waals surface area contributed by atoms with Crippen molar-refractivity contribution < 1.29 is 4.79 Å². The zero-order valence-electron chi connectivity index (χ0n) is 8.68. The monoisotopic (exact) mass is 194 g/mol. The number of hydrogen-bond acceptors (Lipinski definition) is 2. The fourth-order valence-corrected chi connectivity index (χ4v) is 1.46. The molecule has 0 aromatic heterocycles. The number of terminal acetylenes is 1. The second-order valence-electron chi connectivity index (χ2n) is 4.09. The van der Waals surface area contributed by atoms with E-state index in [0.717, 1.165) is 13.0 Å². The van der Waals surface area contributed by atoms with E-state index < -0.39 is 6.04 Å². The topological polar surface area (TPSA) is 55.1 Å². The van der Waals surface area contributed by atoms with E-state index in [0.29, 0.717) is 11.8 Å². The highest BCUT2D eigenvalue weighted by atomic mass is 16.2. The van der Waals surface area contributed by atoms with Gasteiger partial charge < -0.3 is 11.1 Å². The molecule has 1 fully saturated rings. The molecular weight excluding hydrogens is 176 g/mol. The summed E-state index contributed by atoms with van der Waals surface area (Å²) in [5, 5.41) is 2.86. The van der Waals surface area contributed by atoms with Gasteiger partial charge in [-0.3, -0.25) is 4.79 Å². The second-order valence-corrected chi connectivity index (χ2v) is 4.09. The minimum Gasteiger partial charge on any atom is -0.354 e. The quantitative estimate of drug-likeness (QED) is 0.631. The number of amides is 1. The van der Waals surface area contributed by atoms with Gasteiger partial charge in [0.1, 0.15) is 0 Å². The molecule has 0 saturated heterocycles. The molecule has 14 heavy (non-hydrogen) atoms. The van der Waals surface area contributed by atoms with E-state index in [2.05, 4.69) is 18.2 Å². The predicted molar refractivity (Wildman–Crippen MR) is 56.4 cm³/mol. The summed E-state index contributed by atoms with van der Waals surface area (Å²) in [7, 11) is 0. The average molecular weight is 194 g/mol. The summed E-state index contributed by atoms with van der Waals surface area (Å²) in [4.78, 5) is 11.4. The summed E-state index contributed by atoms with van der Waals surface area (Å²) in [6.07, 6.45) is 8.94. The highest BCUT2D eigenvalue weighted by molar-refractivity contribution is 5.81. The van der Waals surface area contributed by atoms with Crippen LogP contribution in [0.25, 0.3) is 0 Å². The van der Waals surface area contributed by atoms with Crippen molar-refractivity contribution in [3.05, 3.63) is 0 Å². The van der Waals surface area contributed by atoms with Crippen LogP contribution >= 0.6 is 0 Å². The van der Waals surface area contributed by atoms with Gasteiger partial charge in [0, 0.05) is 13.0 Å². The lowest BCUT2D eigenvalue weighted by atomic mass is 10.0. The molecule has 1 atom stereocenters. The highest BCUT2D eigenvalue weighted by Crippen LogP contribution is 2.47. The molecule has 1 aliphatic carbocycles. The standard InChI is InChI=1S/C11H18N2O/c1-3-5-9(12)10(14)13-8-11(4-2)6-7-11/h1,9H,4-8,12H2,2H3,(H,13,14). The Balaban J connectivity index is 2.25. The summed E-state index contributed by atoms with van der Waals surface area (Å²) in [6.45, 7) is 2.90. The third-order valence-electron chi connectivity index (χ3n) is 3.02. The van der Waals surface area contributed by atoms with Crippen LogP contribution < -0.4 is 11.1 Å². The number of nitrogens with two attached hydrogens (primary N) is 1. The first-order valence-electron chi connectivity index (χ1n) is 5.10. The van der Waals surface area contributed by atoms with Crippen molar-refractivity contribution in [1.82, 2.24) is 5.32 Å². The molecule has 0 aromatic rings. The van der Waals surface area contributed by atoms with Gasteiger partial charge in [0.2, 0.25) is 5.91 Å². The molecule has 0 aliphatic heterocycles. The van der Waals surface area contributed by atoms with Crippen LogP contribution in [-0.2, 0) is 4.79 Å². The van der Waals surface area contributed by atoms with E-state index in [9.17, 15) is 4.79 Å². The maximum Gasteiger partial charge on any atom is 0.237 e. The van der Waals surface area contributed by atoms with E-state index in [1.54, 1.807) is 0 Å². The van der Waals surface area contributed by atoms with Crippen LogP contribution in [-0.4, -0.2) is 18.5 Å². The molecular formula is C11H18N2O. The number of carbonyl (C=O) groups is 1. The molecule has 0 spiro atoms. The summed E-state index contributed by atoms with van der Waals surface area (Å²) >= 11 is 0. The number of nitrogens with one attached hydrogen (secondary N) is 1. The maximum atomic E-state index is 11.4. The predicted octanol–water partition coefficient (Wildman–Crippen LogP) is 0.643. The summed E-state index contributed by atoms with van der Waals surface area (Å²) in [5.41, 5.74) is 5.93. The molecule has 0 bridgehead atoms. The Morgan fingerprint density at radius 3 is 2.79 bits per heavy atom. The Kier molecular flexibility index (Phi) is 3.54. The van der Waals surface area contributed by atoms with E-state index in [4.69, 9.17) is 12.2 Å². The fourth-order valence-electron chi connectivity index (χ4n) is 1.46. The minimum atomic E-state index is -0.548. The largest absolute Gasteiger partial charge is 0.354 e. The summed E-state index contributed by atoms with van der Waals surface area (Å²) in [5.74, 6) is 2.27. The summed E-state index contributed by atoms with van der Waals surface area (Å²) < 4.78 is 0. The van der Waals surface area contributed by atoms with E-state index in [1.165, 1.54) is 12.8 Å². The second kappa shape index (κ2) is 4.47. The Labute approximate surface area is 85.4 Å². The molecule has 1 unspecified atom stereocenters. The average Bonchev–Trinajstić information content (AvgIpc) is 2.95. The molecule has 1 saturated carbocycles. The smallest absolute Gasteiger partial charge is 0.237 e. The molecule has 0 radical (unpaired) electrons. The maximum absolute atomic E-state index is 11.4. The molecule has 78 valence electrons. The van der Waals surface area contributed by atoms with Crippen LogP contribution in [0.2, 0.25) is 0 Å². The third kappa shape index (κ3) is 2.74. The Hall–Kier alpha value is -1.01. The van der Waals surface area contributed by atoms with Gasteiger partial charge in [-0.05, 0) is 24.7 Å². The van der Waals surface area contributed by atoms with Crippen molar-refractivity contribution in [1.29, 1.82) is 0 Å². The SMILES string of the molecule is C#CCC(N)C(=O)NCC1(CC)CC1.